The number of nitrogens with one attached hydrogen (secondary N) is 2. The molecule has 2 heterocycles. The van der Waals surface area contributed by atoms with Gasteiger partial charge in [0.25, 0.3) is 5.91 Å². The lowest BCUT2D eigenvalue weighted by atomic mass is 10.0. The van der Waals surface area contributed by atoms with Crippen LogP contribution in [0.15, 0.2) is 0 Å². The number of nitrogens with zero attached hydrogens (tertiary/aromatic N) is 2. The fraction of sp³-hybridized carbons (Fsp3) is 0.667. The molecule has 1 aliphatic rings. The van der Waals surface area contributed by atoms with E-state index in [1.807, 2.05) is 20.8 Å². The van der Waals surface area contributed by atoms with E-state index in [1.54, 1.807) is 12.0 Å². The van der Waals surface area contributed by atoms with Crippen LogP contribution in [0.3, 0.4) is 0 Å². The summed E-state index contributed by atoms with van der Waals surface area (Å²) >= 11 is 4.16. The molecule has 10 heteroatoms. The molecular weight excluding hydrogens is 554 g/mol. The van der Waals surface area contributed by atoms with Crippen molar-refractivity contribution in [2.24, 2.45) is 0 Å². The first-order chi connectivity index (χ1) is 11.6. The molecule has 1 fully saturated rings. The topological polar surface area (TPSA) is 96.6 Å². The van der Waals surface area contributed by atoms with Crippen LogP contribution in [0, 0.1) is 7.40 Å². The molecule has 2 rings (SSSR count). The van der Waals surface area contributed by atoms with Crippen LogP contribution in [0.25, 0.3) is 0 Å². The fourth-order valence-electron chi connectivity index (χ4n) is 2.49. The SMILES string of the molecule is CO[C@@H]1CN(C(=O)OC(C)(C)C)CC[C@@H]1NC(=O)c1nc(I)c(I)[nH]1. The first-order valence-corrected chi connectivity index (χ1v) is 9.99. The van der Waals surface area contributed by atoms with Gasteiger partial charge in [0.05, 0.1) is 18.7 Å². The van der Waals surface area contributed by atoms with E-state index >= 15 is 0 Å². The van der Waals surface area contributed by atoms with E-state index in [0.717, 1.165) is 7.40 Å². The van der Waals surface area contributed by atoms with Crippen molar-refractivity contribution in [2.45, 2.75) is 44.9 Å². The smallest absolute Gasteiger partial charge is 0.410 e. The zero-order chi connectivity index (χ0) is 18.8. The molecular formula is C15H22I2N4O4. The summed E-state index contributed by atoms with van der Waals surface area (Å²) < 4.78 is 12.5. The van der Waals surface area contributed by atoms with Crippen molar-refractivity contribution >= 4 is 57.2 Å². The highest BCUT2D eigenvalue weighted by atomic mass is 127. The van der Waals surface area contributed by atoms with Crippen molar-refractivity contribution in [3.05, 3.63) is 13.2 Å². The van der Waals surface area contributed by atoms with E-state index < -0.39 is 5.60 Å². The number of aromatic nitrogens is 2. The van der Waals surface area contributed by atoms with Crippen LogP contribution in [-0.2, 0) is 9.47 Å². The highest BCUT2D eigenvalue weighted by molar-refractivity contribution is 14.1. The Hall–Kier alpha value is -0.630. The Bertz CT molecular complexity index is 624. The van der Waals surface area contributed by atoms with E-state index in [4.69, 9.17) is 9.47 Å². The lowest BCUT2D eigenvalue weighted by molar-refractivity contribution is -0.0172. The molecule has 25 heavy (non-hydrogen) atoms. The average molecular weight is 576 g/mol. The maximum atomic E-state index is 12.4. The number of hydrogen-bond acceptors (Lipinski definition) is 5. The van der Waals surface area contributed by atoms with Crippen molar-refractivity contribution in [3.8, 4) is 0 Å². The van der Waals surface area contributed by atoms with E-state index in [2.05, 4.69) is 60.5 Å². The number of H-pyrrole nitrogens is 1. The summed E-state index contributed by atoms with van der Waals surface area (Å²) in [7, 11) is 1.57. The molecule has 8 nitrogen and oxygen atoms in total. The summed E-state index contributed by atoms with van der Waals surface area (Å²) in [5.41, 5.74) is -0.543. The molecule has 1 saturated heterocycles. The first kappa shape index (κ1) is 20.7. The van der Waals surface area contributed by atoms with E-state index in [1.165, 1.54) is 0 Å². The molecule has 140 valence electrons. The number of carbonyl (C=O) groups excluding carboxylic acids is 2. The number of carbonyl (C=O) groups is 2. The second-order valence-corrected chi connectivity index (χ2v) is 8.86. The number of methoxy groups -OCH3 is 1. The molecule has 2 N–H and O–H groups in total. The number of amides is 2. The van der Waals surface area contributed by atoms with Gasteiger partial charge in [0, 0.05) is 13.7 Å². The Morgan fingerprint density at radius 2 is 2.04 bits per heavy atom. The molecule has 0 unspecified atom stereocenters. The van der Waals surface area contributed by atoms with Gasteiger partial charge in [-0.1, -0.05) is 0 Å². The Balaban J connectivity index is 1.97. The van der Waals surface area contributed by atoms with Gasteiger partial charge in [-0.3, -0.25) is 4.79 Å². The number of piperidine rings is 1. The quantitative estimate of drug-likeness (QED) is 0.540. The van der Waals surface area contributed by atoms with Crippen molar-refractivity contribution in [2.75, 3.05) is 20.2 Å². The molecule has 2 amide bonds. The summed E-state index contributed by atoms with van der Waals surface area (Å²) in [5.74, 6) is -0.00294. The molecule has 2 atom stereocenters. The van der Waals surface area contributed by atoms with Crippen molar-refractivity contribution in [1.29, 1.82) is 0 Å². The van der Waals surface area contributed by atoms with Gasteiger partial charge < -0.3 is 24.7 Å². The third kappa shape index (κ3) is 5.67. The standard InChI is InChI=1S/C15H22I2N4O4/c1-15(2,3)25-14(23)21-6-5-8(9(7-21)24-4)18-13(22)12-19-10(16)11(17)20-12/h8-9H,5-7H2,1-4H3,(H,18,22)(H,19,20)/t8-,9+/m0/s1. The van der Waals surface area contributed by atoms with E-state index in [0.29, 0.717) is 19.5 Å². The molecule has 1 aliphatic heterocycles. The fourth-order valence-corrected chi connectivity index (χ4v) is 3.24. The number of likely N-dealkylation sites (tertiary alicyclic amines) is 1. The van der Waals surface area contributed by atoms with Gasteiger partial charge in [-0.05, 0) is 72.4 Å². The maximum Gasteiger partial charge on any atom is 0.410 e. The minimum absolute atomic E-state index is 0.198. The molecule has 0 saturated carbocycles. The zero-order valence-corrected chi connectivity index (χ0v) is 18.9. The minimum atomic E-state index is -0.543. The lowest BCUT2D eigenvalue weighted by Crippen LogP contribution is -2.56. The number of ether oxygens (including phenoxy) is 2. The summed E-state index contributed by atoms with van der Waals surface area (Å²) in [4.78, 5) is 33.3. The Morgan fingerprint density at radius 3 is 2.56 bits per heavy atom. The van der Waals surface area contributed by atoms with Crippen LogP contribution in [0.2, 0.25) is 0 Å². The van der Waals surface area contributed by atoms with Crippen LogP contribution < -0.4 is 5.32 Å². The van der Waals surface area contributed by atoms with E-state index in [9.17, 15) is 9.59 Å². The summed E-state index contributed by atoms with van der Waals surface area (Å²) in [6.45, 7) is 6.35. The predicted octanol–water partition coefficient (Wildman–Crippen LogP) is 2.37. The van der Waals surface area contributed by atoms with Gasteiger partial charge in [-0.25, -0.2) is 9.78 Å². The van der Waals surface area contributed by atoms with E-state index in [-0.39, 0.29) is 30.0 Å². The van der Waals surface area contributed by atoms with Gasteiger partial charge in [-0.2, -0.15) is 0 Å². The highest BCUT2D eigenvalue weighted by Crippen LogP contribution is 2.18. The Kier molecular flexibility index (Phi) is 6.93. The third-order valence-corrected chi connectivity index (χ3v) is 6.26. The number of halogens is 2. The van der Waals surface area contributed by atoms with Crippen LogP contribution in [0.1, 0.15) is 37.8 Å². The predicted molar refractivity (Wildman–Crippen MR) is 108 cm³/mol. The number of imidazole rings is 1. The van der Waals surface area contributed by atoms with Crippen molar-refractivity contribution < 1.29 is 19.1 Å². The second-order valence-electron chi connectivity index (χ2n) is 6.76. The molecule has 0 spiro atoms. The van der Waals surface area contributed by atoms with Gasteiger partial charge in [0.15, 0.2) is 5.82 Å². The summed E-state index contributed by atoms with van der Waals surface area (Å²) in [6, 6.07) is -0.198. The maximum absolute atomic E-state index is 12.4. The minimum Gasteiger partial charge on any atom is -0.444 e. The van der Waals surface area contributed by atoms with Crippen LogP contribution >= 0.6 is 45.2 Å². The number of hydrogen-bond donors (Lipinski definition) is 2. The molecule has 0 bridgehead atoms. The monoisotopic (exact) mass is 576 g/mol. The first-order valence-electron chi connectivity index (χ1n) is 7.83. The second kappa shape index (κ2) is 8.37. The largest absolute Gasteiger partial charge is 0.444 e. The lowest BCUT2D eigenvalue weighted by Gasteiger charge is -2.38. The zero-order valence-electron chi connectivity index (χ0n) is 14.6. The Labute approximate surface area is 174 Å². The molecule has 1 aromatic heterocycles. The summed E-state index contributed by atoms with van der Waals surface area (Å²) in [6.07, 6.45) is -0.0916. The molecule has 0 radical (unpaired) electrons. The molecule has 0 aliphatic carbocycles. The average Bonchev–Trinajstić information content (AvgIpc) is 2.85. The number of rotatable bonds is 3. The Morgan fingerprint density at radius 1 is 1.36 bits per heavy atom. The van der Waals surface area contributed by atoms with Gasteiger partial charge >= 0.3 is 6.09 Å². The highest BCUT2D eigenvalue weighted by Gasteiger charge is 2.35. The van der Waals surface area contributed by atoms with Crippen molar-refractivity contribution in [1.82, 2.24) is 20.2 Å². The van der Waals surface area contributed by atoms with Crippen molar-refractivity contribution in [3.63, 3.8) is 0 Å². The normalized spacial score (nSPS) is 21.1. The van der Waals surface area contributed by atoms with Gasteiger partial charge in [-0.15, -0.1) is 0 Å². The van der Waals surface area contributed by atoms with Crippen LogP contribution in [0.4, 0.5) is 4.79 Å². The summed E-state index contributed by atoms with van der Waals surface area (Å²) in [5, 5.41) is 2.94. The molecule has 1 aromatic rings. The molecule has 0 aromatic carbocycles. The van der Waals surface area contributed by atoms with Gasteiger partial charge in [0.1, 0.15) is 13.0 Å². The van der Waals surface area contributed by atoms with Crippen LogP contribution in [0.5, 0.6) is 0 Å². The number of aromatic amines is 1. The third-order valence-electron chi connectivity index (χ3n) is 3.66. The van der Waals surface area contributed by atoms with Crippen LogP contribution in [-0.4, -0.2) is 64.8 Å². The van der Waals surface area contributed by atoms with Gasteiger partial charge in [0.2, 0.25) is 0 Å².